The lowest BCUT2D eigenvalue weighted by atomic mass is 10.0. The number of hydrogen-bond acceptors (Lipinski definition) is 0. The molecule has 2 rings (SSSR count). The Balaban J connectivity index is 2.79. The van der Waals surface area contributed by atoms with E-state index >= 15 is 0 Å². The molecule has 84 valence electrons. The first-order valence-electron chi connectivity index (χ1n) is 4.68. The van der Waals surface area contributed by atoms with Crippen LogP contribution in [-0.4, -0.2) is 0 Å². The maximum Gasteiger partial charge on any atom is 0.417 e. The van der Waals surface area contributed by atoms with Crippen LogP contribution in [0.1, 0.15) is 11.1 Å². The monoisotopic (exact) mass is 244 g/mol. The molecule has 0 saturated heterocycles. The van der Waals surface area contributed by atoms with Gasteiger partial charge in [0.2, 0.25) is 0 Å². The number of hydrogen-bond donors (Lipinski definition) is 0. The third-order valence-corrected chi connectivity index (χ3v) is 2.75. The standard InChI is InChI=1S/C12H8ClF3/c13-7-8-3-1-5-10-9(8)4-2-6-11(10)12(14,15)16/h1-6H,7H2. The Hall–Kier alpha value is -1.22. The van der Waals surface area contributed by atoms with Gasteiger partial charge in [-0.25, -0.2) is 0 Å². The van der Waals surface area contributed by atoms with Crippen LogP contribution < -0.4 is 0 Å². The first-order valence-corrected chi connectivity index (χ1v) is 5.21. The van der Waals surface area contributed by atoms with Crippen molar-refractivity contribution in [3.63, 3.8) is 0 Å². The minimum absolute atomic E-state index is 0.202. The molecular weight excluding hydrogens is 237 g/mol. The van der Waals surface area contributed by atoms with Gasteiger partial charge in [-0.3, -0.25) is 0 Å². The minimum Gasteiger partial charge on any atom is -0.166 e. The van der Waals surface area contributed by atoms with Crippen LogP contribution in [0.3, 0.4) is 0 Å². The van der Waals surface area contributed by atoms with Crippen LogP contribution in [0.5, 0.6) is 0 Å². The molecular formula is C12H8ClF3. The van der Waals surface area contributed by atoms with E-state index in [9.17, 15) is 13.2 Å². The molecule has 0 heterocycles. The highest BCUT2D eigenvalue weighted by atomic mass is 35.5. The van der Waals surface area contributed by atoms with Crippen molar-refractivity contribution in [2.24, 2.45) is 0 Å². The maximum atomic E-state index is 12.7. The maximum absolute atomic E-state index is 12.7. The molecule has 0 aliphatic carbocycles. The minimum atomic E-state index is -4.33. The summed E-state index contributed by atoms with van der Waals surface area (Å²) >= 11 is 5.69. The Labute approximate surface area is 95.6 Å². The average molecular weight is 245 g/mol. The molecule has 2 aromatic carbocycles. The lowest BCUT2D eigenvalue weighted by Crippen LogP contribution is -2.05. The highest BCUT2D eigenvalue weighted by Crippen LogP contribution is 2.35. The van der Waals surface area contributed by atoms with E-state index in [0.29, 0.717) is 10.9 Å². The molecule has 0 aromatic heterocycles. The summed E-state index contributed by atoms with van der Waals surface area (Å²) in [6.07, 6.45) is -4.33. The van der Waals surface area contributed by atoms with Crippen molar-refractivity contribution in [1.82, 2.24) is 0 Å². The number of alkyl halides is 4. The zero-order valence-corrected chi connectivity index (χ0v) is 8.94. The van der Waals surface area contributed by atoms with Gasteiger partial charge in [0.15, 0.2) is 0 Å². The second-order valence-corrected chi connectivity index (χ2v) is 3.72. The molecule has 0 N–H and O–H groups in total. The second kappa shape index (κ2) is 3.98. The topological polar surface area (TPSA) is 0 Å². The molecule has 0 radical (unpaired) electrons. The van der Waals surface area contributed by atoms with Crippen molar-refractivity contribution in [3.05, 3.63) is 47.5 Å². The molecule has 16 heavy (non-hydrogen) atoms. The first kappa shape index (κ1) is 11.3. The summed E-state index contributed by atoms with van der Waals surface area (Å²) in [4.78, 5) is 0. The Bertz CT molecular complexity index is 517. The van der Waals surface area contributed by atoms with Crippen molar-refractivity contribution in [1.29, 1.82) is 0 Å². The van der Waals surface area contributed by atoms with Crippen molar-refractivity contribution < 1.29 is 13.2 Å². The first-order chi connectivity index (χ1) is 7.54. The molecule has 0 nitrogen and oxygen atoms in total. The van der Waals surface area contributed by atoms with Gasteiger partial charge in [-0.15, -0.1) is 11.6 Å². The molecule has 0 saturated carbocycles. The highest BCUT2D eigenvalue weighted by molar-refractivity contribution is 6.18. The third-order valence-electron chi connectivity index (χ3n) is 2.46. The van der Waals surface area contributed by atoms with E-state index < -0.39 is 11.7 Å². The van der Waals surface area contributed by atoms with Gasteiger partial charge in [-0.2, -0.15) is 13.2 Å². The molecule has 0 amide bonds. The van der Waals surface area contributed by atoms with Crippen LogP contribution in [0.2, 0.25) is 0 Å². The second-order valence-electron chi connectivity index (χ2n) is 3.45. The van der Waals surface area contributed by atoms with Crippen LogP contribution in [-0.2, 0) is 12.1 Å². The van der Waals surface area contributed by atoms with Crippen LogP contribution in [0.15, 0.2) is 36.4 Å². The summed E-state index contributed by atoms with van der Waals surface area (Å²) in [5.41, 5.74) is 0.0993. The van der Waals surface area contributed by atoms with E-state index in [-0.39, 0.29) is 11.3 Å². The van der Waals surface area contributed by atoms with Gasteiger partial charge in [-0.1, -0.05) is 30.3 Å². The third kappa shape index (κ3) is 1.87. The van der Waals surface area contributed by atoms with E-state index in [1.807, 2.05) is 0 Å². The van der Waals surface area contributed by atoms with Gasteiger partial charge in [0.05, 0.1) is 5.56 Å². The van der Waals surface area contributed by atoms with E-state index in [2.05, 4.69) is 0 Å². The fourth-order valence-corrected chi connectivity index (χ4v) is 1.97. The number of benzene rings is 2. The fraction of sp³-hybridized carbons (Fsp3) is 0.167. The molecule has 4 heteroatoms. The number of rotatable bonds is 1. The molecule has 0 atom stereocenters. The predicted molar refractivity (Wildman–Crippen MR) is 58.5 cm³/mol. The largest absolute Gasteiger partial charge is 0.417 e. The van der Waals surface area contributed by atoms with E-state index in [0.717, 1.165) is 6.07 Å². The van der Waals surface area contributed by atoms with Crippen LogP contribution >= 0.6 is 11.6 Å². The zero-order valence-electron chi connectivity index (χ0n) is 8.18. The Morgan fingerprint density at radius 1 is 0.938 bits per heavy atom. The van der Waals surface area contributed by atoms with Crippen LogP contribution in [0.4, 0.5) is 13.2 Å². The number of fused-ring (bicyclic) bond motifs is 1. The van der Waals surface area contributed by atoms with Crippen molar-refractivity contribution in [2.75, 3.05) is 0 Å². The fourth-order valence-electron chi connectivity index (χ4n) is 1.74. The molecule has 0 aliphatic rings. The molecule has 2 aromatic rings. The van der Waals surface area contributed by atoms with Gasteiger partial charge >= 0.3 is 6.18 Å². The van der Waals surface area contributed by atoms with Gasteiger partial charge < -0.3 is 0 Å². The van der Waals surface area contributed by atoms with E-state index in [4.69, 9.17) is 11.6 Å². The smallest absolute Gasteiger partial charge is 0.166 e. The SMILES string of the molecule is FC(F)(F)c1cccc2c(CCl)cccc12. The Morgan fingerprint density at radius 3 is 2.19 bits per heavy atom. The Kier molecular flexibility index (Phi) is 2.80. The highest BCUT2D eigenvalue weighted by Gasteiger charge is 2.32. The molecule has 0 fully saturated rings. The van der Waals surface area contributed by atoms with Gasteiger partial charge in [0, 0.05) is 5.88 Å². The molecule has 0 aliphatic heterocycles. The van der Waals surface area contributed by atoms with Crippen molar-refractivity contribution in [2.45, 2.75) is 12.1 Å². The summed E-state index contributed by atoms with van der Waals surface area (Å²) in [7, 11) is 0. The van der Waals surface area contributed by atoms with Crippen molar-refractivity contribution >= 4 is 22.4 Å². The van der Waals surface area contributed by atoms with Crippen molar-refractivity contribution in [3.8, 4) is 0 Å². The lowest BCUT2D eigenvalue weighted by Gasteiger charge is -2.11. The van der Waals surface area contributed by atoms with Gasteiger partial charge in [0.1, 0.15) is 0 Å². The quantitative estimate of drug-likeness (QED) is 0.643. The predicted octanol–water partition coefficient (Wildman–Crippen LogP) is 4.60. The lowest BCUT2D eigenvalue weighted by molar-refractivity contribution is -0.136. The normalized spacial score (nSPS) is 12.0. The zero-order chi connectivity index (χ0) is 11.8. The summed E-state index contributed by atoms with van der Waals surface area (Å²) in [5, 5.41) is 0.764. The summed E-state index contributed by atoms with van der Waals surface area (Å²) in [6, 6.07) is 8.93. The van der Waals surface area contributed by atoms with Crippen LogP contribution in [0, 0.1) is 0 Å². The molecule has 0 unspecified atom stereocenters. The number of halogens is 4. The Morgan fingerprint density at radius 2 is 1.56 bits per heavy atom. The summed E-state index contributed by atoms with van der Waals surface area (Å²) in [6.45, 7) is 0. The van der Waals surface area contributed by atoms with Crippen LogP contribution in [0.25, 0.3) is 10.8 Å². The molecule has 0 spiro atoms. The van der Waals surface area contributed by atoms with E-state index in [1.165, 1.54) is 12.1 Å². The average Bonchev–Trinajstić information content (AvgIpc) is 2.26. The van der Waals surface area contributed by atoms with Gasteiger partial charge in [-0.05, 0) is 22.4 Å². The molecule has 0 bridgehead atoms. The van der Waals surface area contributed by atoms with E-state index in [1.54, 1.807) is 18.2 Å². The van der Waals surface area contributed by atoms with Gasteiger partial charge in [0.25, 0.3) is 0 Å². The summed E-state index contributed by atoms with van der Waals surface area (Å²) < 4.78 is 38.2. The summed E-state index contributed by atoms with van der Waals surface area (Å²) in [5.74, 6) is 0.207.